The third kappa shape index (κ3) is 0.881. The maximum absolute atomic E-state index is 5.54. The van der Waals surface area contributed by atoms with Gasteiger partial charge >= 0.3 is 0 Å². The van der Waals surface area contributed by atoms with E-state index in [-0.39, 0.29) is 11.8 Å². The van der Waals surface area contributed by atoms with Gasteiger partial charge in [-0.1, -0.05) is 5.21 Å². The molecule has 0 aromatic carbocycles. The van der Waals surface area contributed by atoms with E-state index in [1.54, 1.807) is 0 Å². The molecule has 0 unspecified atom stereocenters. The quantitative estimate of drug-likeness (QED) is 0.634. The fourth-order valence-electron chi connectivity index (χ4n) is 0.850. The second-order valence-electron chi connectivity index (χ2n) is 2.09. The Morgan fingerprint density at radius 3 is 2.75 bits per heavy atom. The van der Waals surface area contributed by atoms with Crippen LogP contribution >= 0.6 is 16.1 Å². The van der Waals surface area contributed by atoms with E-state index < -0.39 is 0 Å². The number of hydrogen-bond donors (Lipinski definition) is 2. The predicted molar refractivity (Wildman–Crippen MR) is 46.3 cm³/mol. The van der Waals surface area contributed by atoms with Crippen molar-refractivity contribution in [1.29, 1.82) is 0 Å². The van der Waals surface area contributed by atoms with Crippen LogP contribution in [0.15, 0.2) is 0 Å². The Morgan fingerprint density at radius 2 is 2.00 bits per heavy atom. The number of fused-ring (bicyclic) bond motifs is 1. The molecule has 0 amide bonds. The van der Waals surface area contributed by atoms with E-state index in [1.165, 1.54) is 3.71 Å². The molecule has 7 nitrogen and oxygen atoms in total. The number of halogens is 1. The first-order chi connectivity index (χ1) is 5.68. The van der Waals surface area contributed by atoms with Crippen LogP contribution in [0.5, 0.6) is 0 Å². The van der Waals surface area contributed by atoms with Gasteiger partial charge in [-0.05, 0) is 0 Å². The highest BCUT2D eigenvalue weighted by atomic mass is 79.9. The molecule has 0 fully saturated rings. The summed E-state index contributed by atoms with van der Waals surface area (Å²) in [6, 6.07) is 0. The number of nitrogens with two attached hydrogens (primary N) is 2. The van der Waals surface area contributed by atoms with Crippen molar-refractivity contribution in [3.63, 3.8) is 0 Å². The first-order valence-electron chi connectivity index (χ1n) is 2.99. The Kier molecular flexibility index (Phi) is 1.37. The second kappa shape index (κ2) is 2.27. The van der Waals surface area contributed by atoms with Gasteiger partial charge in [-0.25, -0.2) is 0 Å². The van der Waals surface area contributed by atoms with Crippen molar-refractivity contribution in [2.24, 2.45) is 0 Å². The van der Waals surface area contributed by atoms with Gasteiger partial charge in [0.25, 0.3) is 0 Å². The van der Waals surface area contributed by atoms with E-state index in [4.69, 9.17) is 11.5 Å². The lowest BCUT2D eigenvalue weighted by molar-refractivity contribution is 0.921. The van der Waals surface area contributed by atoms with Gasteiger partial charge < -0.3 is 11.5 Å². The summed E-state index contributed by atoms with van der Waals surface area (Å²) < 4.78 is 1.32. The van der Waals surface area contributed by atoms with Crippen molar-refractivity contribution in [2.45, 2.75) is 0 Å². The summed E-state index contributed by atoms with van der Waals surface area (Å²) in [6.45, 7) is 0. The molecule has 0 saturated carbocycles. The van der Waals surface area contributed by atoms with Gasteiger partial charge in [0.1, 0.15) is 0 Å². The van der Waals surface area contributed by atoms with Crippen molar-refractivity contribution < 1.29 is 0 Å². The Balaban J connectivity index is 2.93. The summed E-state index contributed by atoms with van der Waals surface area (Å²) in [5.41, 5.74) is 11.8. The zero-order valence-electron chi connectivity index (χ0n) is 5.77. The summed E-state index contributed by atoms with van der Waals surface area (Å²) >= 11 is 3.08. The molecule has 4 N–H and O–H groups in total. The molecule has 0 aliphatic rings. The van der Waals surface area contributed by atoms with Gasteiger partial charge in [-0.15, -0.1) is 5.10 Å². The van der Waals surface area contributed by atoms with E-state index in [9.17, 15) is 0 Å². The molecule has 0 radical (unpaired) electrons. The molecule has 8 heteroatoms. The van der Waals surface area contributed by atoms with Crippen molar-refractivity contribution >= 4 is 39.1 Å². The molecule has 0 spiro atoms. The highest BCUT2D eigenvalue weighted by Gasteiger charge is 2.09. The molecule has 2 aromatic heterocycles. The molecular weight excluding hydrogens is 226 g/mol. The molecule has 2 aromatic rings. The van der Waals surface area contributed by atoms with Gasteiger partial charge in [-0.3, -0.25) is 0 Å². The van der Waals surface area contributed by atoms with E-state index >= 15 is 0 Å². The number of rotatable bonds is 0. The topological polar surface area (TPSA) is 109 Å². The zero-order chi connectivity index (χ0) is 8.72. The number of anilines is 2. The van der Waals surface area contributed by atoms with Crippen LogP contribution in [0.1, 0.15) is 0 Å². The summed E-state index contributed by atoms with van der Waals surface area (Å²) in [6.07, 6.45) is 0. The lowest BCUT2D eigenvalue weighted by atomic mass is 10.5. The van der Waals surface area contributed by atoms with Crippen LogP contribution in [0.2, 0.25) is 0 Å². The molecule has 0 aliphatic heterocycles. The van der Waals surface area contributed by atoms with Crippen LogP contribution in [-0.4, -0.2) is 24.0 Å². The van der Waals surface area contributed by atoms with Crippen LogP contribution in [-0.2, 0) is 0 Å². The first-order valence-corrected chi connectivity index (χ1v) is 3.70. The van der Waals surface area contributed by atoms with Crippen molar-refractivity contribution in [3.05, 3.63) is 0 Å². The Hall–Kier alpha value is -1.44. The van der Waals surface area contributed by atoms with Crippen molar-refractivity contribution in [1.82, 2.24) is 24.0 Å². The zero-order valence-corrected chi connectivity index (χ0v) is 7.35. The minimum atomic E-state index is 0.0907. The van der Waals surface area contributed by atoms with Crippen molar-refractivity contribution in [2.75, 3.05) is 11.5 Å². The highest BCUT2D eigenvalue weighted by Crippen LogP contribution is 2.16. The van der Waals surface area contributed by atoms with Crippen LogP contribution in [0, 0.1) is 0 Å². The molecule has 0 atom stereocenters. The average Bonchev–Trinajstić information content (AvgIpc) is 2.31. The van der Waals surface area contributed by atoms with E-state index in [2.05, 4.69) is 36.4 Å². The fraction of sp³-hybridized carbons (Fsp3) is 0. The van der Waals surface area contributed by atoms with Gasteiger partial charge in [0, 0.05) is 0 Å². The van der Waals surface area contributed by atoms with Crippen LogP contribution in [0.25, 0.3) is 11.2 Å². The minimum Gasteiger partial charge on any atom is -0.382 e. The summed E-state index contributed by atoms with van der Waals surface area (Å²) in [5, 5.41) is 7.34. The average molecular weight is 230 g/mol. The summed E-state index contributed by atoms with van der Waals surface area (Å²) in [5.74, 6) is 0.340. The molecule has 12 heavy (non-hydrogen) atoms. The van der Waals surface area contributed by atoms with Crippen molar-refractivity contribution in [3.8, 4) is 0 Å². The number of hydrogen-bond acceptors (Lipinski definition) is 6. The number of nitrogen functional groups attached to an aromatic ring is 2. The van der Waals surface area contributed by atoms with E-state index in [1.807, 2.05) is 0 Å². The fourth-order valence-corrected chi connectivity index (χ4v) is 1.26. The maximum atomic E-state index is 5.54. The summed E-state index contributed by atoms with van der Waals surface area (Å²) in [4.78, 5) is 7.57. The summed E-state index contributed by atoms with van der Waals surface area (Å²) in [7, 11) is 0. The highest BCUT2D eigenvalue weighted by molar-refractivity contribution is 9.08. The standard InChI is InChI=1S/C4H4BrN7/c5-12-1-2(6)8-4(7)9-3(1)10-11-12/h(H4,6,7,8,9). The largest absolute Gasteiger partial charge is 0.382 e. The third-order valence-electron chi connectivity index (χ3n) is 1.31. The van der Waals surface area contributed by atoms with Crippen LogP contribution in [0.3, 0.4) is 0 Å². The van der Waals surface area contributed by atoms with Gasteiger partial charge in [0.05, 0.1) is 16.1 Å². The lowest BCUT2D eigenvalue weighted by Crippen LogP contribution is -2.00. The smallest absolute Gasteiger partial charge is 0.224 e. The molecule has 0 bridgehead atoms. The molecule has 0 aliphatic carbocycles. The van der Waals surface area contributed by atoms with Crippen LogP contribution in [0.4, 0.5) is 11.8 Å². The molecule has 0 saturated heterocycles. The third-order valence-corrected chi connectivity index (χ3v) is 1.81. The molecular formula is C4H4BrN7. The Bertz CT molecular complexity index is 434. The van der Waals surface area contributed by atoms with E-state index in [0.717, 1.165) is 0 Å². The van der Waals surface area contributed by atoms with Gasteiger partial charge in [0.15, 0.2) is 11.3 Å². The number of nitrogens with zero attached hydrogens (tertiary/aromatic N) is 5. The first kappa shape index (κ1) is 7.22. The maximum Gasteiger partial charge on any atom is 0.224 e. The molecule has 62 valence electrons. The normalized spacial score (nSPS) is 10.8. The minimum absolute atomic E-state index is 0.0907. The predicted octanol–water partition coefficient (Wildman–Crippen LogP) is -0.456. The van der Waals surface area contributed by atoms with Gasteiger partial charge in [-0.2, -0.15) is 13.7 Å². The Morgan fingerprint density at radius 1 is 1.25 bits per heavy atom. The molecule has 2 rings (SSSR count). The molecule has 2 heterocycles. The SMILES string of the molecule is Nc1nc(N)c2c(nnn2Br)n1. The monoisotopic (exact) mass is 229 g/mol. The Labute approximate surface area is 75.1 Å². The van der Waals surface area contributed by atoms with Crippen LogP contribution < -0.4 is 11.5 Å². The van der Waals surface area contributed by atoms with E-state index in [0.29, 0.717) is 11.2 Å². The number of aromatic nitrogens is 5. The second-order valence-corrected chi connectivity index (χ2v) is 2.76. The lowest BCUT2D eigenvalue weighted by Gasteiger charge is -1.95. The van der Waals surface area contributed by atoms with Gasteiger partial charge in [0.2, 0.25) is 11.6 Å².